The molecule has 0 aliphatic carbocycles. The van der Waals surface area contributed by atoms with Crippen molar-refractivity contribution in [1.29, 1.82) is 0 Å². The van der Waals surface area contributed by atoms with E-state index in [2.05, 4.69) is 24.4 Å². The second-order valence-electron chi connectivity index (χ2n) is 3.89. The minimum absolute atomic E-state index is 0.300. The Morgan fingerprint density at radius 3 is 3.00 bits per heavy atom. The van der Waals surface area contributed by atoms with E-state index in [0.717, 1.165) is 17.7 Å². The molecule has 1 aromatic rings. The van der Waals surface area contributed by atoms with E-state index in [0.29, 0.717) is 6.04 Å². The zero-order valence-corrected chi connectivity index (χ0v) is 8.04. The molecule has 2 N–H and O–H groups in total. The van der Waals surface area contributed by atoms with Crippen LogP contribution in [0.4, 0.5) is 5.69 Å². The number of aryl methyl sites for hydroxylation is 1. The van der Waals surface area contributed by atoms with Gasteiger partial charge in [-0.05, 0) is 26.3 Å². The number of hydrogen-bond donors (Lipinski definition) is 2. The summed E-state index contributed by atoms with van der Waals surface area (Å²) in [6, 6.07) is 6.53. The van der Waals surface area contributed by atoms with Crippen molar-refractivity contribution in [2.24, 2.45) is 0 Å². The predicted octanol–water partition coefficient (Wildman–Crippen LogP) is 2.23. The average molecular weight is 177 g/mol. The van der Waals surface area contributed by atoms with Crippen LogP contribution in [0.15, 0.2) is 18.2 Å². The third kappa shape index (κ3) is 1.54. The Labute approximate surface area is 78.6 Å². The first-order valence-corrected chi connectivity index (χ1v) is 4.72. The van der Waals surface area contributed by atoms with Gasteiger partial charge in [-0.15, -0.1) is 0 Å². The Morgan fingerprint density at radius 1 is 1.46 bits per heavy atom. The van der Waals surface area contributed by atoms with Crippen LogP contribution in [0.3, 0.4) is 0 Å². The zero-order valence-electron chi connectivity index (χ0n) is 8.04. The highest BCUT2D eigenvalue weighted by atomic mass is 16.3. The third-order valence-electron chi connectivity index (χ3n) is 2.54. The van der Waals surface area contributed by atoms with Crippen molar-refractivity contribution in [3.63, 3.8) is 0 Å². The normalized spacial score (nSPS) is 26.4. The molecule has 2 nitrogen and oxygen atoms in total. The minimum atomic E-state index is -0.300. The number of aliphatic hydroxyl groups excluding tert-OH is 1. The van der Waals surface area contributed by atoms with E-state index in [4.69, 9.17) is 0 Å². The standard InChI is InChI=1S/C11H15NO/c1-7-3-4-10-9(5-7)11(13)6-8(2)12-10/h3-5,8,11-13H,6H2,1-2H3/t8-,11-/m0/s1. The summed E-state index contributed by atoms with van der Waals surface area (Å²) in [4.78, 5) is 0. The molecular weight excluding hydrogens is 162 g/mol. The molecule has 0 amide bonds. The summed E-state index contributed by atoms with van der Waals surface area (Å²) in [5, 5.41) is 13.2. The molecule has 2 atom stereocenters. The number of fused-ring (bicyclic) bond motifs is 1. The molecule has 0 aromatic heterocycles. The van der Waals surface area contributed by atoms with Crippen LogP contribution in [-0.4, -0.2) is 11.1 Å². The van der Waals surface area contributed by atoms with Crippen molar-refractivity contribution in [2.45, 2.75) is 32.4 Å². The van der Waals surface area contributed by atoms with Crippen LogP contribution in [0, 0.1) is 6.92 Å². The van der Waals surface area contributed by atoms with Crippen molar-refractivity contribution in [1.82, 2.24) is 0 Å². The van der Waals surface area contributed by atoms with E-state index < -0.39 is 0 Å². The molecule has 70 valence electrons. The van der Waals surface area contributed by atoms with Gasteiger partial charge in [-0.1, -0.05) is 17.7 Å². The van der Waals surface area contributed by atoms with Gasteiger partial charge in [-0.3, -0.25) is 0 Å². The second kappa shape index (κ2) is 3.04. The van der Waals surface area contributed by atoms with Gasteiger partial charge in [0.2, 0.25) is 0 Å². The van der Waals surface area contributed by atoms with E-state index in [-0.39, 0.29) is 6.10 Å². The lowest BCUT2D eigenvalue weighted by atomic mass is 9.95. The first-order chi connectivity index (χ1) is 6.16. The topological polar surface area (TPSA) is 32.3 Å². The predicted molar refractivity (Wildman–Crippen MR) is 53.8 cm³/mol. The van der Waals surface area contributed by atoms with Crippen molar-refractivity contribution in [3.05, 3.63) is 29.3 Å². The first kappa shape index (κ1) is 8.57. The van der Waals surface area contributed by atoms with Crippen LogP contribution in [0.5, 0.6) is 0 Å². The molecule has 1 heterocycles. The van der Waals surface area contributed by atoms with Gasteiger partial charge in [0.15, 0.2) is 0 Å². The van der Waals surface area contributed by atoms with Gasteiger partial charge in [-0.2, -0.15) is 0 Å². The Kier molecular flexibility index (Phi) is 2.00. The van der Waals surface area contributed by atoms with Gasteiger partial charge in [0.05, 0.1) is 6.10 Å². The summed E-state index contributed by atoms with van der Waals surface area (Å²) in [6.07, 6.45) is 0.502. The zero-order chi connectivity index (χ0) is 9.42. The summed E-state index contributed by atoms with van der Waals surface area (Å²) in [5.41, 5.74) is 3.32. The summed E-state index contributed by atoms with van der Waals surface area (Å²) in [5.74, 6) is 0. The van der Waals surface area contributed by atoms with Gasteiger partial charge in [0.1, 0.15) is 0 Å². The first-order valence-electron chi connectivity index (χ1n) is 4.72. The number of nitrogens with one attached hydrogen (secondary N) is 1. The Hall–Kier alpha value is -1.02. The number of rotatable bonds is 0. The van der Waals surface area contributed by atoms with E-state index in [1.54, 1.807) is 0 Å². The molecular formula is C11H15NO. The fraction of sp³-hybridized carbons (Fsp3) is 0.455. The van der Waals surface area contributed by atoms with Gasteiger partial charge >= 0.3 is 0 Å². The lowest BCUT2D eigenvalue weighted by Gasteiger charge is -2.28. The van der Waals surface area contributed by atoms with E-state index in [9.17, 15) is 5.11 Å². The fourth-order valence-corrected chi connectivity index (χ4v) is 1.88. The average Bonchev–Trinajstić information content (AvgIpc) is 2.06. The van der Waals surface area contributed by atoms with Gasteiger partial charge in [0, 0.05) is 17.3 Å². The second-order valence-corrected chi connectivity index (χ2v) is 3.89. The summed E-state index contributed by atoms with van der Waals surface area (Å²) >= 11 is 0. The molecule has 0 unspecified atom stereocenters. The number of anilines is 1. The van der Waals surface area contributed by atoms with Crippen LogP contribution in [0.25, 0.3) is 0 Å². The fourth-order valence-electron chi connectivity index (χ4n) is 1.88. The van der Waals surface area contributed by atoms with Gasteiger partial charge in [0.25, 0.3) is 0 Å². The van der Waals surface area contributed by atoms with E-state index in [1.807, 2.05) is 13.0 Å². The highest BCUT2D eigenvalue weighted by molar-refractivity contribution is 5.56. The summed E-state index contributed by atoms with van der Waals surface area (Å²) in [6.45, 7) is 4.14. The molecule has 0 radical (unpaired) electrons. The molecule has 2 rings (SSSR count). The number of aliphatic hydroxyl groups is 1. The smallest absolute Gasteiger partial charge is 0.0829 e. The summed E-state index contributed by atoms with van der Waals surface area (Å²) < 4.78 is 0. The molecule has 0 bridgehead atoms. The molecule has 2 heteroatoms. The molecule has 1 aliphatic rings. The van der Waals surface area contributed by atoms with E-state index >= 15 is 0 Å². The lowest BCUT2D eigenvalue weighted by molar-refractivity contribution is 0.158. The quantitative estimate of drug-likeness (QED) is 0.637. The van der Waals surface area contributed by atoms with Crippen LogP contribution >= 0.6 is 0 Å². The maximum Gasteiger partial charge on any atom is 0.0829 e. The number of hydrogen-bond acceptors (Lipinski definition) is 2. The maximum absolute atomic E-state index is 9.82. The van der Waals surface area contributed by atoms with Crippen LogP contribution < -0.4 is 5.32 Å². The van der Waals surface area contributed by atoms with E-state index in [1.165, 1.54) is 5.56 Å². The van der Waals surface area contributed by atoms with Gasteiger partial charge in [-0.25, -0.2) is 0 Å². The lowest BCUT2D eigenvalue weighted by Crippen LogP contribution is -2.25. The third-order valence-corrected chi connectivity index (χ3v) is 2.54. The maximum atomic E-state index is 9.82. The van der Waals surface area contributed by atoms with Crippen LogP contribution in [0.2, 0.25) is 0 Å². The molecule has 0 fully saturated rings. The molecule has 1 aromatic carbocycles. The molecule has 13 heavy (non-hydrogen) atoms. The monoisotopic (exact) mass is 177 g/mol. The molecule has 0 saturated heterocycles. The van der Waals surface area contributed by atoms with Crippen molar-refractivity contribution in [3.8, 4) is 0 Å². The highest BCUT2D eigenvalue weighted by Gasteiger charge is 2.21. The molecule has 0 spiro atoms. The van der Waals surface area contributed by atoms with Gasteiger partial charge < -0.3 is 10.4 Å². The van der Waals surface area contributed by atoms with Crippen LogP contribution in [0.1, 0.15) is 30.6 Å². The highest BCUT2D eigenvalue weighted by Crippen LogP contribution is 2.32. The number of benzene rings is 1. The van der Waals surface area contributed by atoms with Crippen molar-refractivity contribution in [2.75, 3.05) is 5.32 Å². The Balaban J connectivity index is 2.43. The molecule has 0 saturated carbocycles. The van der Waals surface area contributed by atoms with Crippen LogP contribution in [-0.2, 0) is 0 Å². The largest absolute Gasteiger partial charge is 0.388 e. The van der Waals surface area contributed by atoms with Crippen molar-refractivity contribution >= 4 is 5.69 Å². The van der Waals surface area contributed by atoms with Crippen molar-refractivity contribution < 1.29 is 5.11 Å². The minimum Gasteiger partial charge on any atom is -0.388 e. The Bertz CT molecular complexity index is 322. The summed E-state index contributed by atoms with van der Waals surface area (Å²) in [7, 11) is 0. The Morgan fingerprint density at radius 2 is 2.23 bits per heavy atom. The SMILES string of the molecule is Cc1ccc2c(c1)[C@@H](O)C[C@H](C)N2. The molecule has 1 aliphatic heterocycles.